The number of nitriles is 1. The Bertz CT molecular complexity index is 721. The summed E-state index contributed by atoms with van der Waals surface area (Å²) in [6.45, 7) is 2.15. The summed E-state index contributed by atoms with van der Waals surface area (Å²) in [5, 5.41) is 11.2. The number of hydrogen-bond donors (Lipinski definition) is 1. The zero-order valence-electron chi connectivity index (χ0n) is 14.1. The van der Waals surface area contributed by atoms with Crippen molar-refractivity contribution in [1.29, 1.82) is 5.26 Å². The standard InChI is InChI=1S/C16H22N4O4S/c1-19(8-2-7-17)13-16(21)18-14-3-5-15(6-4-14)25(22,23)20-9-11-24-12-10-20/h3-6H,2,8-13H2,1H3,(H,18,21). The van der Waals surface area contributed by atoms with Gasteiger partial charge in [0.05, 0.1) is 30.7 Å². The number of hydrogen-bond acceptors (Lipinski definition) is 6. The third kappa shape index (κ3) is 5.51. The molecule has 9 heteroatoms. The molecule has 1 heterocycles. The third-order valence-electron chi connectivity index (χ3n) is 3.76. The molecule has 136 valence electrons. The molecule has 0 aliphatic carbocycles. The minimum Gasteiger partial charge on any atom is -0.379 e. The zero-order chi connectivity index (χ0) is 18.3. The fourth-order valence-corrected chi connectivity index (χ4v) is 3.82. The highest BCUT2D eigenvalue weighted by atomic mass is 32.2. The number of nitrogens with one attached hydrogen (secondary N) is 1. The SMILES string of the molecule is CN(CCC#N)CC(=O)Nc1ccc(S(=O)(=O)N2CCOCC2)cc1. The molecule has 1 saturated heterocycles. The first-order chi connectivity index (χ1) is 11.9. The summed E-state index contributed by atoms with van der Waals surface area (Å²) >= 11 is 0. The Hall–Kier alpha value is -1.99. The molecule has 0 atom stereocenters. The van der Waals surface area contributed by atoms with Gasteiger partial charge < -0.3 is 10.1 Å². The average molecular weight is 366 g/mol. The topological polar surface area (TPSA) is 103 Å². The van der Waals surface area contributed by atoms with Crippen molar-refractivity contribution in [2.24, 2.45) is 0 Å². The second-order valence-corrected chi connectivity index (χ2v) is 7.67. The van der Waals surface area contributed by atoms with E-state index in [1.807, 2.05) is 6.07 Å². The van der Waals surface area contributed by atoms with E-state index in [9.17, 15) is 13.2 Å². The van der Waals surface area contributed by atoms with Gasteiger partial charge >= 0.3 is 0 Å². The Labute approximate surface area is 148 Å². The van der Waals surface area contributed by atoms with E-state index in [2.05, 4.69) is 5.32 Å². The van der Waals surface area contributed by atoms with Crippen LogP contribution in [0.4, 0.5) is 5.69 Å². The first kappa shape index (κ1) is 19.3. The van der Waals surface area contributed by atoms with Crippen molar-refractivity contribution in [2.45, 2.75) is 11.3 Å². The molecule has 1 aliphatic heterocycles. The molecule has 0 radical (unpaired) electrons. The largest absolute Gasteiger partial charge is 0.379 e. The number of morpholine rings is 1. The van der Waals surface area contributed by atoms with Crippen molar-refractivity contribution < 1.29 is 17.9 Å². The number of ether oxygens (including phenoxy) is 1. The average Bonchev–Trinajstić information content (AvgIpc) is 2.61. The maximum absolute atomic E-state index is 12.5. The van der Waals surface area contributed by atoms with Crippen molar-refractivity contribution in [3.05, 3.63) is 24.3 Å². The molecular formula is C16H22N4O4S. The molecule has 0 spiro atoms. The van der Waals surface area contributed by atoms with Gasteiger partial charge in [-0.3, -0.25) is 9.69 Å². The smallest absolute Gasteiger partial charge is 0.243 e. The van der Waals surface area contributed by atoms with Gasteiger partial charge in [0.2, 0.25) is 15.9 Å². The number of rotatable bonds is 7. The summed E-state index contributed by atoms with van der Waals surface area (Å²) in [7, 11) is -1.78. The van der Waals surface area contributed by atoms with E-state index in [1.54, 1.807) is 24.1 Å². The van der Waals surface area contributed by atoms with Gasteiger partial charge in [-0.25, -0.2) is 8.42 Å². The molecule has 1 aromatic carbocycles. The lowest BCUT2D eigenvalue weighted by Gasteiger charge is -2.26. The van der Waals surface area contributed by atoms with Crippen molar-refractivity contribution >= 4 is 21.6 Å². The molecule has 2 rings (SSSR count). The Balaban J connectivity index is 1.95. The van der Waals surface area contributed by atoms with Gasteiger partial charge in [-0.1, -0.05) is 0 Å². The Morgan fingerprint density at radius 2 is 1.96 bits per heavy atom. The first-order valence-corrected chi connectivity index (χ1v) is 9.41. The molecule has 1 aliphatic rings. The summed E-state index contributed by atoms with van der Waals surface area (Å²) in [6, 6.07) is 8.14. The van der Waals surface area contributed by atoms with E-state index in [-0.39, 0.29) is 17.3 Å². The van der Waals surface area contributed by atoms with Gasteiger partial charge in [0.15, 0.2) is 0 Å². The van der Waals surface area contributed by atoms with E-state index >= 15 is 0 Å². The monoisotopic (exact) mass is 366 g/mol. The summed E-state index contributed by atoms with van der Waals surface area (Å²) < 4.78 is 31.6. The molecular weight excluding hydrogens is 344 g/mol. The molecule has 25 heavy (non-hydrogen) atoms. The number of benzene rings is 1. The molecule has 1 fully saturated rings. The number of anilines is 1. The predicted molar refractivity (Wildman–Crippen MR) is 92.4 cm³/mol. The van der Waals surface area contributed by atoms with Crippen LogP contribution in [0.3, 0.4) is 0 Å². The number of carbonyl (C=O) groups excluding carboxylic acids is 1. The van der Waals surface area contributed by atoms with Crippen LogP contribution in [0.15, 0.2) is 29.2 Å². The summed E-state index contributed by atoms with van der Waals surface area (Å²) in [5.41, 5.74) is 0.527. The van der Waals surface area contributed by atoms with E-state index in [0.717, 1.165) is 0 Å². The van der Waals surface area contributed by atoms with E-state index in [4.69, 9.17) is 10.00 Å². The number of likely N-dealkylation sites (N-methyl/N-ethyl adjacent to an activating group) is 1. The summed E-state index contributed by atoms with van der Waals surface area (Å²) in [6.07, 6.45) is 0.359. The predicted octanol–water partition coefficient (Wildman–Crippen LogP) is 0.491. The molecule has 0 bridgehead atoms. The van der Waals surface area contributed by atoms with Gasteiger partial charge in [-0.15, -0.1) is 0 Å². The second kappa shape index (κ2) is 8.92. The van der Waals surface area contributed by atoms with Crippen LogP contribution < -0.4 is 5.32 Å². The van der Waals surface area contributed by atoms with Gasteiger partial charge in [0.1, 0.15) is 0 Å². The van der Waals surface area contributed by atoms with Gasteiger partial charge in [-0.2, -0.15) is 9.57 Å². The molecule has 1 amide bonds. The van der Waals surface area contributed by atoms with Crippen LogP contribution in [-0.4, -0.2) is 70.0 Å². The lowest BCUT2D eigenvalue weighted by Crippen LogP contribution is -2.40. The van der Waals surface area contributed by atoms with E-state index < -0.39 is 10.0 Å². The van der Waals surface area contributed by atoms with Crippen LogP contribution in [0.2, 0.25) is 0 Å². The summed E-state index contributed by atoms with van der Waals surface area (Å²) in [4.78, 5) is 13.9. The maximum Gasteiger partial charge on any atom is 0.243 e. The summed E-state index contributed by atoms with van der Waals surface area (Å²) in [5.74, 6) is -0.218. The molecule has 1 N–H and O–H groups in total. The number of amides is 1. The zero-order valence-corrected chi connectivity index (χ0v) is 15.0. The molecule has 1 aromatic rings. The molecule has 0 saturated carbocycles. The van der Waals surface area contributed by atoms with Gasteiger partial charge in [-0.05, 0) is 31.3 Å². The highest BCUT2D eigenvalue weighted by molar-refractivity contribution is 7.89. The van der Waals surface area contributed by atoms with Crippen molar-refractivity contribution in [3.63, 3.8) is 0 Å². The van der Waals surface area contributed by atoms with E-state index in [0.29, 0.717) is 45.0 Å². The quantitative estimate of drug-likeness (QED) is 0.753. The van der Waals surface area contributed by atoms with Crippen LogP contribution in [0.25, 0.3) is 0 Å². The highest BCUT2D eigenvalue weighted by Gasteiger charge is 2.26. The second-order valence-electron chi connectivity index (χ2n) is 5.73. The first-order valence-electron chi connectivity index (χ1n) is 7.97. The van der Waals surface area contributed by atoms with Crippen LogP contribution in [-0.2, 0) is 19.6 Å². The minimum atomic E-state index is -3.53. The number of carbonyl (C=O) groups is 1. The van der Waals surface area contributed by atoms with Crippen LogP contribution in [0.1, 0.15) is 6.42 Å². The lowest BCUT2D eigenvalue weighted by atomic mass is 10.3. The lowest BCUT2D eigenvalue weighted by molar-refractivity contribution is -0.117. The molecule has 8 nitrogen and oxygen atoms in total. The number of sulfonamides is 1. The van der Waals surface area contributed by atoms with Crippen molar-refractivity contribution in [3.8, 4) is 6.07 Å². The fraction of sp³-hybridized carbons (Fsp3) is 0.500. The van der Waals surface area contributed by atoms with Gasteiger partial charge in [0, 0.05) is 31.7 Å². The fourth-order valence-electron chi connectivity index (χ4n) is 2.41. The van der Waals surface area contributed by atoms with Crippen molar-refractivity contribution in [2.75, 3.05) is 51.8 Å². The van der Waals surface area contributed by atoms with Crippen LogP contribution in [0, 0.1) is 11.3 Å². The Morgan fingerprint density at radius 3 is 2.56 bits per heavy atom. The molecule has 0 unspecified atom stereocenters. The Kier molecular flexibility index (Phi) is 6.90. The van der Waals surface area contributed by atoms with Crippen LogP contribution in [0.5, 0.6) is 0 Å². The minimum absolute atomic E-state index is 0.162. The normalized spacial score (nSPS) is 15.7. The van der Waals surface area contributed by atoms with Crippen molar-refractivity contribution in [1.82, 2.24) is 9.21 Å². The Morgan fingerprint density at radius 1 is 1.32 bits per heavy atom. The van der Waals surface area contributed by atoms with Crippen LogP contribution >= 0.6 is 0 Å². The van der Waals surface area contributed by atoms with E-state index in [1.165, 1.54) is 16.4 Å². The maximum atomic E-state index is 12.5. The highest BCUT2D eigenvalue weighted by Crippen LogP contribution is 2.19. The molecule has 0 aromatic heterocycles. The third-order valence-corrected chi connectivity index (χ3v) is 5.68. The number of nitrogens with zero attached hydrogens (tertiary/aromatic N) is 3. The van der Waals surface area contributed by atoms with Gasteiger partial charge in [0.25, 0.3) is 0 Å².